The van der Waals surface area contributed by atoms with Gasteiger partial charge in [0.1, 0.15) is 23.5 Å². The van der Waals surface area contributed by atoms with E-state index in [2.05, 4.69) is 15.3 Å². The van der Waals surface area contributed by atoms with Crippen LogP contribution in [0.5, 0.6) is 0 Å². The molecule has 0 bridgehead atoms. The molecule has 1 aromatic heterocycles. The Morgan fingerprint density at radius 3 is 2.93 bits per heavy atom. The summed E-state index contributed by atoms with van der Waals surface area (Å²) in [5.41, 5.74) is 0. The molecule has 0 amide bonds. The van der Waals surface area contributed by atoms with Crippen LogP contribution in [0, 0.1) is 0 Å². The van der Waals surface area contributed by atoms with Gasteiger partial charge in [0.05, 0.1) is 6.04 Å². The predicted octanol–water partition coefficient (Wildman–Crippen LogP) is 2.43. The van der Waals surface area contributed by atoms with E-state index < -0.39 is 6.17 Å². The Morgan fingerprint density at radius 1 is 1.43 bits per heavy atom. The van der Waals surface area contributed by atoms with Gasteiger partial charge < -0.3 is 5.32 Å². The van der Waals surface area contributed by atoms with Gasteiger partial charge in [-0.25, -0.2) is 14.4 Å². The molecule has 1 fully saturated rings. The van der Waals surface area contributed by atoms with E-state index in [1.54, 1.807) is 6.07 Å². The molecule has 5 heteroatoms. The number of aromatic nitrogens is 2. The molecular formula is C9H11ClFN3. The zero-order valence-electron chi connectivity index (χ0n) is 7.58. The second-order valence-electron chi connectivity index (χ2n) is 3.42. The first-order chi connectivity index (χ1) is 6.75. The summed E-state index contributed by atoms with van der Waals surface area (Å²) in [7, 11) is 0. The molecular weight excluding hydrogens is 205 g/mol. The van der Waals surface area contributed by atoms with Crippen molar-refractivity contribution in [2.24, 2.45) is 0 Å². The zero-order valence-corrected chi connectivity index (χ0v) is 8.34. The number of anilines is 1. The van der Waals surface area contributed by atoms with Crippen LogP contribution in [0.1, 0.15) is 19.3 Å². The molecule has 3 nitrogen and oxygen atoms in total. The van der Waals surface area contributed by atoms with E-state index in [9.17, 15) is 4.39 Å². The average Bonchev–Trinajstić information content (AvgIpc) is 2.52. The number of halogens is 2. The van der Waals surface area contributed by atoms with Crippen LogP contribution >= 0.6 is 11.6 Å². The van der Waals surface area contributed by atoms with Crippen molar-refractivity contribution in [2.45, 2.75) is 31.5 Å². The molecule has 1 aromatic rings. The minimum Gasteiger partial charge on any atom is -0.364 e. The van der Waals surface area contributed by atoms with E-state index in [1.807, 2.05) is 0 Å². The lowest BCUT2D eigenvalue weighted by Crippen LogP contribution is -2.25. The second-order valence-corrected chi connectivity index (χ2v) is 3.81. The summed E-state index contributed by atoms with van der Waals surface area (Å²) in [4.78, 5) is 7.72. The van der Waals surface area contributed by atoms with Crippen molar-refractivity contribution < 1.29 is 4.39 Å². The molecule has 1 saturated carbocycles. The van der Waals surface area contributed by atoms with Crippen molar-refractivity contribution in [3.63, 3.8) is 0 Å². The van der Waals surface area contributed by atoms with Gasteiger partial charge in [0.25, 0.3) is 0 Å². The highest BCUT2D eigenvalue weighted by molar-refractivity contribution is 6.29. The number of hydrogen-bond donors (Lipinski definition) is 1. The van der Waals surface area contributed by atoms with Gasteiger partial charge in [-0.2, -0.15) is 0 Å². The summed E-state index contributed by atoms with van der Waals surface area (Å²) in [6.45, 7) is 0. The van der Waals surface area contributed by atoms with Gasteiger partial charge >= 0.3 is 0 Å². The Morgan fingerprint density at radius 2 is 2.29 bits per heavy atom. The topological polar surface area (TPSA) is 37.8 Å². The van der Waals surface area contributed by atoms with Crippen LogP contribution in [0.3, 0.4) is 0 Å². The zero-order chi connectivity index (χ0) is 9.97. The van der Waals surface area contributed by atoms with Crippen LogP contribution in [0.25, 0.3) is 0 Å². The van der Waals surface area contributed by atoms with Crippen molar-refractivity contribution in [3.8, 4) is 0 Å². The Labute approximate surface area is 86.7 Å². The lowest BCUT2D eigenvalue weighted by molar-refractivity contribution is 0.323. The van der Waals surface area contributed by atoms with E-state index in [-0.39, 0.29) is 6.04 Å². The van der Waals surface area contributed by atoms with Crippen LogP contribution in [0.4, 0.5) is 10.2 Å². The van der Waals surface area contributed by atoms with Gasteiger partial charge in [0.2, 0.25) is 0 Å². The van der Waals surface area contributed by atoms with Gasteiger partial charge in [-0.15, -0.1) is 0 Å². The number of nitrogens with zero attached hydrogens (tertiary/aromatic N) is 2. The monoisotopic (exact) mass is 215 g/mol. The van der Waals surface area contributed by atoms with Crippen LogP contribution in [-0.2, 0) is 0 Å². The predicted molar refractivity (Wildman–Crippen MR) is 53.2 cm³/mol. The Kier molecular flexibility index (Phi) is 2.82. The molecule has 0 saturated heterocycles. The summed E-state index contributed by atoms with van der Waals surface area (Å²) in [6.07, 6.45) is 3.01. The third-order valence-electron chi connectivity index (χ3n) is 2.40. The first-order valence-electron chi connectivity index (χ1n) is 4.64. The maximum absolute atomic E-state index is 13.2. The maximum atomic E-state index is 13.2. The molecule has 1 aliphatic carbocycles. The van der Waals surface area contributed by atoms with E-state index in [0.29, 0.717) is 17.4 Å². The van der Waals surface area contributed by atoms with Crippen molar-refractivity contribution in [3.05, 3.63) is 17.5 Å². The van der Waals surface area contributed by atoms with E-state index in [4.69, 9.17) is 11.6 Å². The smallest absolute Gasteiger partial charge is 0.134 e. The minimum absolute atomic E-state index is 0.124. The molecule has 76 valence electrons. The number of nitrogens with one attached hydrogen (secondary N) is 1. The SMILES string of the molecule is F[C@@H]1CCC[C@H]1Nc1cc(Cl)ncn1. The fourth-order valence-corrected chi connectivity index (χ4v) is 1.83. The third kappa shape index (κ3) is 2.12. The van der Waals surface area contributed by atoms with Crippen molar-refractivity contribution in [1.82, 2.24) is 9.97 Å². The quantitative estimate of drug-likeness (QED) is 0.770. The number of hydrogen-bond acceptors (Lipinski definition) is 3. The third-order valence-corrected chi connectivity index (χ3v) is 2.61. The largest absolute Gasteiger partial charge is 0.364 e. The molecule has 14 heavy (non-hydrogen) atoms. The summed E-state index contributed by atoms with van der Waals surface area (Å²) >= 11 is 5.68. The van der Waals surface area contributed by atoms with E-state index in [0.717, 1.165) is 12.8 Å². The van der Waals surface area contributed by atoms with Crippen LogP contribution < -0.4 is 5.32 Å². The number of rotatable bonds is 2. The van der Waals surface area contributed by atoms with Gasteiger partial charge in [0.15, 0.2) is 0 Å². The van der Waals surface area contributed by atoms with Gasteiger partial charge in [-0.3, -0.25) is 0 Å². The molecule has 1 N–H and O–H groups in total. The average molecular weight is 216 g/mol. The summed E-state index contributed by atoms with van der Waals surface area (Å²) in [5, 5.41) is 3.39. The fourth-order valence-electron chi connectivity index (χ4n) is 1.68. The van der Waals surface area contributed by atoms with Gasteiger partial charge in [-0.1, -0.05) is 11.6 Å². The van der Waals surface area contributed by atoms with Crippen LogP contribution in [0.15, 0.2) is 12.4 Å². The fraction of sp³-hybridized carbons (Fsp3) is 0.556. The lowest BCUT2D eigenvalue weighted by Gasteiger charge is -2.14. The molecule has 0 aliphatic heterocycles. The van der Waals surface area contributed by atoms with Crippen LogP contribution in [0.2, 0.25) is 5.15 Å². The van der Waals surface area contributed by atoms with E-state index in [1.165, 1.54) is 6.33 Å². The molecule has 1 heterocycles. The molecule has 1 aliphatic rings. The highest BCUT2D eigenvalue weighted by atomic mass is 35.5. The first kappa shape index (κ1) is 9.65. The molecule has 0 aromatic carbocycles. The summed E-state index contributed by atoms with van der Waals surface area (Å²) in [5.74, 6) is 0.597. The first-order valence-corrected chi connectivity index (χ1v) is 5.01. The maximum Gasteiger partial charge on any atom is 0.134 e. The van der Waals surface area contributed by atoms with Crippen molar-refractivity contribution in [1.29, 1.82) is 0 Å². The van der Waals surface area contributed by atoms with Crippen molar-refractivity contribution in [2.75, 3.05) is 5.32 Å². The Balaban J connectivity index is 2.03. The molecule has 0 spiro atoms. The Bertz CT molecular complexity index is 321. The molecule has 2 atom stereocenters. The highest BCUT2D eigenvalue weighted by Gasteiger charge is 2.26. The van der Waals surface area contributed by atoms with Crippen molar-refractivity contribution >= 4 is 17.4 Å². The van der Waals surface area contributed by atoms with Crippen LogP contribution in [-0.4, -0.2) is 22.2 Å². The lowest BCUT2D eigenvalue weighted by atomic mass is 10.2. The normalized spacial score (nSPS) is 26.4. The minimum atomic E-state index is -0.774. The summed E-state index contributed by atoms with van der Waals surface area (Å²) in [6, 6.07) is 1.48. The number of alkyl halides is 1. The second kappa shape index (κ2) is 4.09. The molecule has 0 radical (unpaired) electrons. The van der Waals surface area contributed by atoms with E-state index >= 15 is 0 Å². The summed E-state index contributed by atoms with van der Waals surface area (Å²) < 4.78 is 13.2. The standard InChI is InChI=1S/C9H11ClFN3/c10-8-4-9(13-5-12-8)14-7-3-1-2-6(7)11/h4-7H,1-3H2,(H,12,13,14)/t6-,7-/m1/s1. The molecule has 2 rings (SSSR count). The molecule has 0 unspecified atom stereocenters. The highest BCUT2D eigenvalue weighted by Crippen LogP contribution is 2.25. The van der Waals surface area contributed by atoms with Gasteiger partial charge in [-0.05, 0) is 19.3 Å². The Hall–Kier alpha value is -0.900. The van der Waals surface area contributed by atoms with Gasteiger partial charge in [0, 0.05) is 6.07 Å².